The molecule has 0 aromatic heterocycles. The molecule has 1 aliphatic heterocycles. The Morgan fingerprint density at radius 3 is 2.54 bits per heavy atom. The van der Waals surface area contributed by atoms with Gasteiger partial charge in [0, 0.05) is 28.7 Å². The second-order valence-corrected chi connectivity index (χ2v) is 6.40. The summed E-state index contributed by atoms with van der Waals surface area (Å²) in [5.74, 6) is 5.63. The number of hydrogen-bond acceptors (Lipinski definition) is 2. The predicted octanol–water partition coefficient (Wildman–Crippen LogP) is 4.48. The van der Waals surface area contributed by atoms with Crippen LogP contribution in [0, 0.1) is 17.7 Å². The number of benzene rings is 3. The third-order valence-electron chi connectivity index (χ3n) is 4.46. The molecule has 4 rings (SSSR count). The molecule has 1 aliphatic rings. The summed E-state index contributed by atoms with van der Waals surface area (Å²) in [7, 11) is 0. The second-order valence-electron chi connectivity index (χ2n) is 6.40. The van der Waals surface area contributed by atoms with Gasteiger partial charge in [0.05, 0.1) is 12.3 Å². The van der Waals surface area contributed by atoms with Gasteiger partial charge in [-0.3, -0.25) is 4.79 Å². The minimum atomic E-state index is -0.434. The van der Waals surface area contributed by atoms with Crippen molar-refractivity contribution in [2.75, 3.05) is 6.54 Å². The van der Waals surface area contributed by atoms with Gasteiger partial charge in [0.2, 0.25) is 0 Å². The number of carbonyl (C=O) groups is 1. The van der Waals surface area contributed by atoms with Crippen molar-refractivity contribution < 1.29 is 9.18 Å². The molecule has 0 saturated carbocycles. The number of nitrogens with zero attached hydrogens (tertiary/aromatic N) is 2. The summed E-state index contributed by atoms with van der Waals surface area (Å²) in [4.78, 5) is 12.6. The summed E-state index contributed by atoms with van der Waals surface area (Å²) in [6, 6.07) is 23.2. The molecule has 0 saturated heterocycles. The fourth-order valence-electron chi connectivity index (χ4n) is 3.07. The number of carbonyl (C=O) groups excluding carboxylic acids is 1. The highest BCUT2D eigenvalue weighted by atomic mass is 19.1. The van der Waals surface area contributed by atoms with Crippen LogP contribution in [0.4, 0.5) is 4.39 Å². The predicted molar refractivity (Wildman–Crippen MR) is 107 cm³/mol. The van der Waals surface area contributed by atoms with E-state index in [1.54, 1.807) is 6.07 Å². The van der Waals surface area contributed by atoms with Gasteiger partial charge in [-0.2, -0.15) is 5.10 Å². The van der Waals surface area contributed by atoms with Crippen molar-refractivity contribution in [1.82, 2.24) is 5.01 Å². The molecule has 1 amide bonds. The van der Waals surface area contributed by atoms with Crippen molar-refractivity contribution >= 4 is 11.6 Å². The van der Waals surface area contributed by atoms with Gasteiger partial charge < -0.3 is 0 Å². The van der Waals surface area contributed by atoms with Crippen LogP contribution in [0.25, 0.3) is 0 Å². The Morgan fingerprint density at radius 2 is 1.71 bits per heavy atom. The van der Waals surface area contributed by atoms with Crippen molar-refractivity contribution in [1.29, 1.82) is 0 Å². The Morgan fingerprint density at radius 1 is 0.929 bits per heavy atom. The van der Waals surface area contributed by atoms with Crippen molar-refractivity contribution in [2.24, 2.45) is 5.10 Å². The zero-order valence-electron chi connectivity index (χ0n) is 15.1. The Balaban J connectivity index is 1.61. The molecule has 0 N–H and O–H groups in total. The van der Waals surface area contributed by atoms with Gasteiger partial charge in [0.25, 0.3) is 5.91 Å². The van der Waals surface area contributed by atoms with Crippen LogP contribution in [-0.2, 0) is 0 Å². The Labute approximate surface area is 163 Å². The lowest BCUT2D eigenvalue weighted by molar-refractivity contribution is 0.0778. The van der Waals surface area contributed by atoms with E-state index >= 15 is 0 Å². The van der Waals surface area contributed by atoms with Gasteiger partial charge in [0.1, 0.15) is 5.82 Å². The van der Waals surface area contributed by atoms with E-state index in [-0.39, 0.29) is 5.91 Å². The highest BCUT2D eigenvalue weighted by molar-refractivity contribution is 6.05. The quantitative estimate of drug-likeness (QED) is 0.614. The van der Waals surface area contributed by atoms with E-state index < -0.39 is 5.82 Å². The number of amides is 1. The second kappa shape index (κ2) is 7.89. The Bertz CT molecular complexity index is 1110. The normalized spacial score (nSPS) is 12.9. The average molecular weight is 368 g/mol. The monoisotopic (exact) mass is 368 g/mol. The van der Waals surface area contributed by atoms with Gasteiger partial charge in [0.15, 0.2) is 0 Å². The van der Waals surface area contributed by atoms with Crippen LogP contribution in [0.2, 0.25) is 0 Å². The standard InChI is InChI=1S/C24H17FN2O/c25-21-11-6-10-20(17-21)24(28)27-16-15-23(26-27)22-12-5-4-9-19(22)14-13-18-7-2-1-3-8-18/h1-12,17H,15-16H2. The molecule has 136 valence electrons. The van der Waals surface area contributed by atoms with Crippen LogP contribution < -0.4 is 0 Å². The molecule has 0 unspecified atom stereocenters. The maximum Gasteiger partial charge on any atom is 0.274 e. The molecule has 3 aromatic rings. The van der Waals surface area contributed by atoms with Gasteiger partial charge in [-0.15, -0.1) is 0 Å². The first-order chi connectivity index (χ1) is 13.7. The molecule has 1 heterocycles. The number of rotatable bonds is 2. The van der Waals surface area contributed by atoms with E-state index in [9.17, 15) is 9.18 Å². The highest BCUT2D eigenvalue weighted by Gasteiger charge is 2.23. The average Bonchev–Trinajstić information content (AvgIpc) is 3.23. The first kappa shape index (κ1) is 17.7. The van der Waals surface area contributed by atoms with E-state index in [2.05, 4.69) is 16.9 Å². The molecule has 3 aromatic carbocycles. The topological polar surface area (TPSA) is 32.7 Å². The molecule has 28 heavy (non-hydrogen) atoms. The fraction of sp³-hybridized carbons (Fsp3) is 0.0833. The Kier molecular flexibility index (Phi) is 4.99. The number of hydrogen-bond donors (Lipinski definition) is 0. The zero-order chi connectivity index (χ0) is 19.3. The molecule has 0 radical (unpaired) electrons. The van der Waals surface area contributed by atoms with E-state index in [4.69, 9.17) is 0 Å². The number of hydrazone groups is 1. The van der Waals surface area contributed by atoms with Crippen LogP contribution in [0.15, 0.2) is 84.0 Å². The number of halogens is 1. The highest BCUT2D eigenvalue weighted by Crippen LogP contribution is 2.19. The molecule has 0 aliphatic carbocycles. The zero-order valence-corrected chi connectivity index (χ0v) is 15.1. The minimum absolute atomic E-state index is 0.294. The molecular weight excluding hydrogens is 351 g/mol. The first-order valence-electron chi connectivity index (χ1n) is 9.02. The van der Waals surface area contributed by atoms with Crippen molar-refractivity contribution in [3.63, 3.8) is 0 Å². The molecule has 0 fully saturated rings. The van der Waals surface area contributed by atoms with Gasteiger partial charge in [-0.25, -0.2) is 9.40 Å². The van der Waals surface area contributed by atoms with Crippen molar-refractivity contribution in [2.45, 2.75) is 6.42 Å². The molecule has 0 atom stereocenters. The third kappa shape index (κ3) is 3.84. The summed E-state index contributed by atoms with van der Waals surface area (Å²) in [6.07, 6.45) is 0.630. The smallest absolute Gasteiger partial charge is 0.267 e. The first-order valence-corrected chi connectivity index (χ1v) is 9.02. The lowest BCUT2D eigenvalue weighted by atomic mass is 10.0. The minimum Gasteiger partial charge on any atom is -0.267 e. The largest absolute Gasteiger partial charge is 0.274 e. The fourth-order valence-corrected chi connectivity index (χ4v) is 3.07. The SMILES string of the molecule is O=C(c1cccc(F)c1)N1CCC(c2ccccc2C#Cc2ccccc2)=N1. The van der Waals surface area contributed by atoms with Crippen LogP contribution >= 0.6 is 0 Å². The maximum atomic E-state index is 13.4. The molecular formula is C24H17FN2O. The summed E-state index contributed by atoms with van der Waals surface area (Å²) < 4.78 is 13.4. The summed E-state index contributed by atoms with van der Waals surface area (Å²) in [6.45, 7) is 0.463. The summed E-state index contributed by atoms with van der Waals surface area (Å²) in [5, 5.41) is 5.88. The van der Waals surface area contributed by atoms with Gasteiger partial charge in [-0.05, 0) is 36.4 Å². The Hall–Kier alpha value is -3.71. The van der Waals surface area contributed by atoms with E-state index in [1.165, 1.54) is 23.2 Å². The third-order valence-corrected chi connectivity index (χ3v) is 4.46. The van der Waals surface area contributed by atoms with Crippen LogP contribution in [0.1, 0.15) is 33.5 Å². The molecule has 3 nitrogen and oxygen atoms in total. The van der Waals surface area contributed by atoms with E-state index in [1.807, 2.05) is 54.6 Å². The van der Waals surface area contributed by atoms with Crippen LogP contribution in [0.3, 0.4) is 0 Å². The van der Waals surface area contributed by atoms with Gasteiger partial charge in [-0.1, -0.05) is 54.3 Å². The van der Waals surface area contributed by atoms with E-state index in [0.29, 0.717) is 18.5 Å². The van der Waals surface area contributed by atoms with Crippen molar-refractivity contribution in [3.8, 4) is 11.8 Å². The lowest BCUT2D eigenvalue weighted by Crippen LogP contribution is -2.23. The van der Waals surface area contributed by atoms with Crippen molar-refractivity contribution in [3.05, 3.63) is 107 Å². The van der Waals surface area contributed by atoms with E-state index in [0.717, 1.165) is 22.4 Å². The van der Waals surface area contributed by atoms with Crippen LogP contribution in [0.5, 0.6) is 0 Å². The summed E-state index contributed by atoms with van der Waals surface area (Å²) in [5.41, 5.74) is 3.82. The molecule has 0 bridgehead atoms. The van der Waals surface area contributed by atoms with Crippen LogP contribution in [-0.4, -0.2) is 23.2 Å². The lowest BCUT2D eigenvalue weighted by Gasteiger charge is -2.11. The molecule has 4 heteroatoms. The summed E-state index contributed by atoms with van der Waals surface area (Å²) >= 11 is 0. The van der Waals surface area contributed by atoms with Gasteiger partial charge >= 0.3 is 0 Å². The maximum absolute atomic E-state index is 13.4. The molecule has 0 spiro atoms.